The lowest BCUT2D eigenvalue weighted by Gasteiger charge is -1.97. The van der Waals surface area contributed by atoms with Gasteiger partial charge in [-0.15, -0.1) is 0 Å². The molecule has 0 atom stereocenters. The first kappa shape index (κ1) is 8.37. The monoisotopic (exact) mass is 220 g/mol. The zero-order valence-corrected chi connectivity index (χ0v) is 8.15. The van der Waals surface area contributed by atoms with Gasteiger partial charge in [0.25, 0.3) is 0 Å². The number of hydrogen-bond donors (Lipinski definition) is 2. The Labute approximate surface area is 88.7 Å². The highest BCUT2D eigenvalue weighted by atomic mass is 35.5. The van der Waals surface area contributed by atoms with Crippen molar-refractivity contribution in [2.45, 2.75) is 0 Å². The number of nitrogens with zero attached hydrogens (tertiary/aromatic N) is 4. The van der Waals surface area contributed by atoms with Crippen LogP contribution in [0.1, 0.15) is 0 Å². The molecule has 0 unspecified atom stereocenters. The van der Waals surface area contributed by atoms with Gasteiger partial charge >= 0.3 is 0 Å². The van der Waals surface area contributed by atoms with Crippen LogP contribution in [0.3, 0.4) is 0 Å². The van der Waals surface area contributed by atoms with E-state index in [1.165, 1.54) is 0 Å². The molecule has 2 N–H and O–H groups in total. The molecule has 15 heavy (non-hydrogen) atoms. The number of halogens is 1. The molecule has 3 aromatic heterocycles. The van der Waals surface area contributed by atoms with Crippen LogP contribution in [-0.4, -0.2) is 30.4 Å². The average Bonchev–Trinajstić information content (AvgIpc) is 2.88. The van der Waals surface area contributed by atoms with Gasteiger partial charge in [0.2, 0.25) is 0 Å². The van der Waals surface area contributed by atoms with E-state index in [0.29, 0.717) is 22.0 Å². The zero-order chi connectivity index (χ0) is 10.3. The van der Waals surface area contributed by atoms with Crippen molar-refractivity contribution >= 4 is 22.6 Å². The Balaban J connectivity index is 2.29. The Bertz CT molecular complexity index is 599. The van der Waals surface area contributed by atoms with E-state index in [2.05, 4.69) is 30.4 Å². The molecule has 0 bridgehead atoms. The molecule has 3 heterocycles. The molecular formula is C8H5ClN6. The first-order valence-electron chi connectivity index (χ1n) is 4.20. The molecule has 7 heteroatoms. The fourth-order valence-electron chi connectivity index (χ4n) is 1.31. The molecule has 0 spiro atoms. The second-order valence-electron chi connectivity index (χ2n) is 2.96. The second kappa shape index (κ2) is 3.03. The summed E-state index contributed by atoms with van der Waals surface area (Å²) >= 11 is 5.97. The summed E-state index contributed by atoms with van der Waals surface area (Å²) in [5, 5.41) is 13.5. The smallest absolute Gasteiger partial charge is 0.164 e. The number of aromatic nitrogens is 6. The second-order valence-corrected chi connectivity index (χ2v) is 3.31. The third kappa shape index (κ3) is 1.26. The summed E-state index contributed by atoms with van der Waals surface area (Å²) in [7, 11) is 0. The van der Waals surface area contributed by atoms with Gasteiger partial charge in [-0.2, -0.15) is 10.2 Å². The molecule has 0 aromatic carbocycles. The maximum Gasteiger partial charge on any atom is 0.164 e. The normalized spacial score (nSPS) is 11.0. The van der Waals surface area contributed by atoms with Gasteiger partial charge in [-0.1, -0.05) is 11.6 Å². The van der Waals surface area contributed by atoms with E-state index >= 15 is 0 Å². The van der Waals surface area contributed by atoms with Crippen LogP contribution in [0.5, 0.6) is 0 Å². The molecular weight excluding hydrogens is 216 g/mol. The Kier molecular flexibility index (Phi) is 1.69. The molecule has 0 saturated heterocycles. The maximum absolute atomic E-state index is 5.97. The lowest BCUT2D eigenvalue weighted by molar-refractivity contribution is 1.09. The zero-order valence-electron chi connectivity index (χ0n) is 7.40. The summed E-state index contributed by atoms with van der Waals surface area (Å²) in [5.74, 6) is 0.530. The molecule has 0 aliphatic heterocycles. The van der Waals surface area contributed by atoms with Gasteiger partial charge in [-0.3, -0.25) is 10.2 Å². The fraction of sp³-hybridized carbons (Fsp3) is 0. The summed E-state index contributed by atoms with van der Waals surface area (Å²) in [6.07, 6.45) is 4.95. The van der Waals surface area contributed by atoms with E-state index in [-0.39, 0.29) is 0 Å². The van der Waals surface area contributed by atoms with Crippen molar-refractivity contribution < 1.29 is 0 Å². The minimum atomic E-state index is 0.355. The van der Waals surface area contributed by atoms with Gasteiger partial charge in [0.15, 0.2) is 11.0 Å². The van der Waals surface area contributed by atoms with Crippen molar-refractivity contribution in [2.75, 3.05) is 0 Å². The van der Waals surface area contributed by atoms with Crippen LogP contribution in [0.15, 0.2) is 18.6 Å². The SMILES string of the molecule is Clc1nc(-c2cn[nH]c2)nc2cn[nH]c12. The number of fused-ring (bicyclic) bond motifs is 1. The van der Waals surface area contributed by atoms with Crippen molar-refractivity contribution in [3.63, 3.8) is 0 Å². The van der Waals surface area contributed by atoms with Crippen molar-refractivity contribution in [3.8, 4) is 11.4 Å². The highest BCUT2D eigenvalue weighted by molar-refractivity contribution is 6.33. The Morgan fingerprint density at radius 1 is 1.13 bits per heavy atom. The van der Waals surface area contributed by atoms with Gasteiger partial charge in [0.05, 0.1) is 18.0 Å². The largest absolute Gasteiger partial charge is 0.285 e. The highest BCUT2D eigenvalue weighted by Gasteiger charge is 2.09. The van der Waals surface area contributed by atoms with Crippen molar-refractivity contribution in [3.05, 3.63) is 23.7 Å². The molecule has 3 rings (SSSR count). The van der Waals surface area contributed by atoms with Crippen LogP contribution in [-0.2, 0) is 0 Å². The topological polar surface area (TPSA) is 83.1 Å². The summed E-state index contributed by atoms with van der Waals surface area (Å²) in [5.41, 5.74) is 2.12. The molecule has 0 fully saturated rings. The minimum Gasteiger partial charge on any atom is -0.285 e. The van der Waals surface area contributed by atoms with E-state index in [1.807, 2.05) is 0 Å². The highest BCUT2D eigenvalue weighted by Crippen LogP contribution is 2.21. The maximum atomic E-state index is 5.97. The van der Waals surface area contributed by atoms with Crippen LogP contribution in [0.2, 0.25) is 5.15 Å². The first-order chi connectivity index (χ1) is 7.34. The van der Waals surface area contributed by atoms with Crippen LogP contribution in [0, 0.1) is 0 Å². The summed E-state index contributed by atoms with van der Waals surface area (Å²) < 4.78 is 0. The fourth-order valence-corrected chi connectivity index (χ4v) is 1.53. The standard InChI is InChI=1S/C8H5ClN6/c9-7-6-5(3-12-15-6)13-8(14-7)4-1-10-11-2-4/h1-3H,(H,10,11)(H,12,15). The Hall–Kier alpha value is -1.95. The average molecular weight is 221 g/mol. The Morgan fingerprint density at radius 2 is 2.07 bits per heavy atom. The lowest BCUT2D eigenvalue weighted by atomic mass is 10.3. The molecule has 0 aliphatic rings. The first-order valence-corrected chi connectivity index (χ1v) is 4.58. The quantitative estimate of drug-likeness (QED) is 0.607. The van der Waals surface area contributed by atoms with Crippen molar-refractivity contribution in [1.29, 1.82) is 0 Å². The third-order valence-electron chi connectivity index (χ3n) is 2.01. The summed E-state index contributed by atoms with van der Waals surface area (Å²) in [6.45, 7) is 0. The van der Waals surface area contributed by atoms with Gasteiger partial charge < -0.3 is 0 Å². The Morgan fingerprint density at radius 3 is 2.87 bits per heavy atom. The van der Waals surface area contributed by atoms with E-state index < -0.39 is 0 Å². The molecule has 3 aromatic rings. The lowest BCUT2D eigenvalue weighted by Crippen LogP contribution is -1.89. The van der Waals surface area contributed by atoms with Crippen LogP contribution < -0.4 is 0 Å². The molecule has 74 valence electrons. The molecule has 0 aliphatic carbocycles. The van der Waals surface area contributed by atoms with Crippen LogP contribution in [0.4, 0.5) is 0 Å². The molecule has 0 saturated carbocycles. The van der Waals surface area contributed by atoms with E-state index in [4.69, 9.17) is 11.6 Å². The van der Waals surface area contributed by atoms with Gasteiger partial charge in [-0.25, -0.2) is 9.97 Å². The predicted molar refractivity (Wildman–Crippen MR) is 54.3 cm³/mol. The van der Waals surface area contributed by atoms with E-state index in [9.17, 15) is 0 Å². The van der Waals surface area contributed by atoms with Gasteiger partial charge in [0, 0.05) is 6.20 Å². The number of hydrogen-bond acceptors (Lipinski definition) is 4. The number of aromatic amines is 2. The predicted octanol–water partition coefficient (Wildman–Crippen LogP) is 1.40. The van der Waals surface area contributed by atoms with E-state index in [1.54, 1.807) is 18.6 Å². The van der Waals surface area contributed by atoms with Crippen molar-refractivity contribution in [2.24, 2.45) is 0 Å². The van der Waals surface area contributed by atoms with Gasteiger partial charge in [-0.05, 0) is 0 Å². The number of rotatable bonds is 1. The summed E-state index contributed by atoms with van der Waals surface area (Å²) in [4.78, 5) is 8.43. The summed E-state index contributed by atoms with van der Waals surface area (Å²) in [6, 6.07) is 0. The number of nitrogens with one attached hydrogen (secondary N) is 2. The minimum absolute atomic E-state index is 0.355. The van der Waals surface area contributed by atoms with Crippen LogP contribution >= 0.6 is 11.6 Å². The molecule has 6 nitrogen and oxygen atoms in total. The number of H-pyrrole nitrogens is 2. The third-order valence-corrected chi connectivity index (χ3v) is 2.29. The molecule has 0 amide bonds. The van der Waals surface area contributed by atoms with Crippen molar-refractivity contribution in [1.82, 2.24) is 30.4 Å². The van der Waals surface area contributed by atoms with Crippen LogP contribution in [0.25, 0.3) is 22.4 Å². The molecule has 0 radical (unpaired) electrons. The van der Waals surface area contributed by atoms with Gasteiger partial charge in [0.1, 0.15) is 11.0 Å². The van der Waals surface area contributed by atoms with E-state index in [0.717, 1.165) is 5.56 Å².